The lowest BCUT2D eigenvalue weighted by Gasteiger charge is -2.42. The third-order valence-electron chi connectivity index (χ3n) is 8.39. The van der Waals surface area contributed by atoms with Crippen LogP contribution >= 0.6 is 0 Å². The number of halogens is 1. The van der Waals surface area contributed by atoms with Crippen molar-refractivity contribution in [3.63, 3.8) is 0 Å². The van der Waals surface area contributed by atoms with Gasteiger partial charge in [-0.3, -0.25) is 4.98 Å². The second-order valence-corrected chi connectivity index (χ2v) is 12.8. The topological polar surface area (TPSA) is 71.9 Å². The minimum atomic E-state index is -1.15. The average Bonchev–Trinajstić information content (AvgIpc) is 2.93. The smallest absolute Gasteiger partial charge is 0.337 e. The van der Waals surface area contributed by atoms with Crippen LogP contribution in [0.1, 0.15) is 82.5 Å². The Morgan fingerprint density at radius 2 is 1.67 bits per heavy atom. The van der Waals surface area contributed by atoms with Crippen molar-refractivity contribution in [1.82, 2.24) is 4.98 Å². The maximum Gasteiger partial charge on any atom is 0.337 e. The summed E-state index contributed by atoms with van der Waals surface area (Å²) in [5, 5.41) is 10.4. The van der Waals surface area contributed by atoms with Crippen LogP contribution in [0, 0.1) is 25.1 Å². The van der Waals surface area contributed by atoms with Crippen LogP contribution < -0.4 is 9.64 Å². The van der Waals surface area contributed by atoms with E-state index in [4.69, 9.17) is 14.5 Å². The van der Waals surface area contributed by atoms with E-state index in [-0.39, 0.29) is 11.2 Å². The number of anilines is 1. The molecule has 2 aromatic carbocycles. The molecule has 0 amide bonds. The van der Waals surface area contributed by atoms with Gasteiger partial charge in [0.05, 0.1) is 17.9 Å². The van der Waals surface area contributed by atoms with Crippen molar-refractivity contribution in [3.05, 3.63) is 76.9 Å². The van der Waals surface area contributed by atoms with E-state index in [2.05, 4.69) is 18.7 Å². The van der Waals surface area contributed by atoms with Crippen molar-refractivity contribution in [2.24, 2.45) is 5.41 Å². The molecule has 2 heterocycles. The van der Waals surface area contributed by atoms with Crippen molar-refractivity contribution < 1.29 is 23.8 Å². The van der Waals surface area contributed by atoms with Crippen LogP contribution in [0.15, 0.2) is 48.5 Å². The normalized spacial score (nSPS) is 15.9. The number of aryl methyl sites for hydroxylation is 2. The monoisotopic (exact) mass is 576 g/mol. The quantitative estimate of drug-likeness (QED) is 0.263. The predicted molar refractivity (Wildman–Crippen MR) is 166 cm³/mol. The van der Waals surface area contributed by atoms with E-state index in [1.807, 2.05) is 58.9 Å². The van der Waals surface area contributed by atoms with Crippen molar-refractivity contribution >= 4 is 11.7 Å². The number of carboxylic acid groups (broad SMARTS) is 1. The fraction of sp³-hybridized carbons (Fsp3) is 0.486. The Morgan fingerprint density at radius 3 is 2.21 bits per heavy atom. The number of aliphatic carboxylic acids is 1. The summed E-state index contributed by atoms with van der Waals surface area (Å²) in [5.41, 5.74) is 5.55. The lowest BCUT2D eigenvalue weighted by Crippen LogP contribution is -2.40. The molecule has 0 spiro atoms. The lowest BCUT2D eigenvalue weighted by molar-refractivity contribution is -0.160. The Morgan fingerprint density at radius 1 is 1.05 bits per heavy atom. The van der Waals surface area contributed by atoms with E-state index < -0.39 is 17.7 Å². The average molecular weight is 577 g/mol. The molecule has 7 heteroatoms. The van der Waals surface area contributed by atoms with Crippen LogP contribution in [0.25, 0.3) is 11.1 Å². The molecule has 226 valence electrons. The number of hydrogen-bond acceptors (Lipinski definition) is 5. The van der Waals surface area contributed by atoms with Crippen molar-refractivity contribution in [3.8, 4) is 16.9 Å². The molecule has 0 unspecified atom stereocenters. The molecule has 0 radical (unpaired) electrons. The summed E-state index contributed by atoms with van der Waals surface area (Å²) in [6.45, 7) is 16.2. The highest BCUT2D eigenvalue weighted by molar-refractivity contribution is 5.88. The van der Waals surface area contributed by atoms with Gasteiger partial charge < -0.3 is 19.5 Å². The molecule has 1 saturated heterocycles. The molecular formula is C35H45FN2O4. The largest absolute Gasteiger partial charge is 0.493 e. The first-order valence-electron chi connectivity index (χ1n) is 14.9. The van der Waals surface area contributed by atoms with Crippen molar-refractivity contribution in [2.75, 3.05) is 24.6 Å². The van der Waals surface area contributed by atoms with Crippen LogP contribution in [0.5, 0.6) is 5.75 Å². The third kappa shape index (κ3) is 7.49. The Hall–Kier alpha value is -3.45. The second-order valence-electron chi connectivity index (χ2n) is 12.8. The van der Waals surface area contributed by atoms with E-state index in [0.29, 0.717) is 24.3 Å². The number of ether oxygens (including phenoxy) is 2. The minimum absolute atomic E-state index is 0.248. The van der Waals surface area contributed by atoms with Crippen LogP contribution in [0.2, 0.25) is 0 Å². The SMILES string of the molecule is CCC1(C)CCN(c2c(-c3ccc(OCCc4ccc(F)cc4)cc3)c(C)nc(C)c2[C@H](OC(C)(C)C)C(=O)O)CC1. The second kappa shape index (κ2) is 12.8. The third-order valence-corrected chi connectivity index (χ3v) is 8.39. The number of carboxylic acids is 1. The van der Waals surface area contributed by atoms with Crippen LogP contribution in [0.3, 0.4) is 0 Å². The minimum Gasteiger partial charge on any atom is -0.493 e. The van der Waals surface area contributed by atoms with E-state index in [9.17, 15) is 14.3 Å². The molecule has 3 aromatic rings. The molecule has 42 heavy (non-hydrogen) atoms. The zero-order valence-corrected chi connectivity index (χ0v) is 26.1. The number of aromatic nitrogens is 1. The molecule has 1 atom stereocenters. The number of carbonyl (C=O) groups is 1. The van der Waals surface area contributed by atoms with Gasteiger partial charge in [0.15, 0.2) is 6.10 Å². The Bertz CT molecular complexity index is 1370. The first kappa shape index (κ1) is 31.5. The Labute approximate surface area is 249 Å². The molecule has 1 aromatic heterocycles. The number of nitrogens with zero attached hydrogens (tertiary/aromatic N) is 2. The molecule has 1 aliphatic heterocycles. The van der Waals surface area contributed by atoms with Gasteiger partial charge in [0.1, 0.15) is 11.6 Å². The van der Waals surface area contributed by atoms with Crippen molar-refractivity contribution in [2.45, 2.75) is 85.9 Å². The number of rotatable bonds is 10. The maximum absolute atomic E-state index is 13.2. The summed E-state index contributed by atoms with van der Waals surface area (Å²) in [6, 6.07) is 14.4. The van der Waals surface area contributed by atoms with Gasteiger partial charge in [-0.2, -0.15) is 0 Å². The summed E-state index contributed by atoms with van der Waals surface area (Å²) < 4.78 is 25.4. The van der Waals surface area contributed by atoms with E-state index in [1.54, 1.807) is 12.1 Å². The highest BCUT2D eigenvalue weighted by atomic mass is 19.1. The summed E-state index contributed by atoms with van der Waals surface area (Å²) in [7, 11) is 0. The highest BCUT2D eigenvalue weighted by Gasteiger charge is 2.37. The molecule has 1 fully saturated rings. The van der Waals surface area contributed by atoms with E-state index in [1.165, 1.54) is 12.1 Å². The summed E-state index contributed by atoms with van der Waals surface area (Å²) in [5.74, 6) is -0.537. The summed E-state index contributed by atoms with van der Waals surface area (Å²) >= 11 is 0. The van der Waals surface area contributed by atoms with Gasteiger partial charge in [0.25, 0.3) is 0 Å². The summed E-state index contributed by atoms with van der Waals surface area (Å²) in [6.07, 6.45) is 2.69. The molecule has 0 saturated carbocycles. The molecule has 6 nitrogen and oxygen atoms in total. The maximum atomic E-state index is 13.2. The number of pyridine rings is 1. The predicted octanol–water partition coefficient (Wildman–Crippen LogP) is 8.08. The fourth-order valence-corrected chi connectivity index (χ4v) is 5.70. The molecule has 4 rings (SSSR count). The molecular weight excluding hydrogens is 531 g/mol. The van der Waals surface area contributed by atoms with Gasteiger partial charge in [0.2, 0.25) is 0 Å². The zero-order chi connectivity index (χ0) is 30.7. The molecule has 1 aliphatic rings. The van der Waals surface area contributed by atoms with Crippen LogP contribution in [0.4, 0.5) is 10.1 Å². The standard InChI is InChI=1S/C35H45FN2O4/c1-8-35(7)18-20-38(21-19-35)31-29(23(2)37-24(3)30(31)32(33(39)40)42-34(4,5)6)26-11-15-28(16-12-26)41-22-17-25-9-13-27(36)14-10-25/h9-16,32H,8,17-22H2,1-7H3,(H,39,40)/t32-/m0/s1. The summed E-state index contributed by atoms with van der Waals surface area (Å²) in [4.78, 5) is 19.9. The van der Waals surface area contributed by atoms with Gasteiger partial charge >= 0.3 is 5.97 Å². The Balaban J connectivity index is 1.72. The number of benzene rings is 2. The zero-order valence-electron chi connectivity index (χ0n) is 26.1. The van der Waals surface area contributed by atoms with Gasteiger partial charge in [-0.15, -0.1) is 0 Å². The van der Waals surface area contributed by atoms with Crippen molar-refractivity contribution in [1.29, 1.82) is 0 Å². The fourth-order valence-electron chi connectivity index (χ4n) is 5.70. The van der Waals surface area contributed by atoms with Gasteiger partial charge in [-0.25, -0.2) is 9.18 Å². The lowest BCUT2D eigenvalue weighted by atomic mass is 9.77. The number of piperidine rings is 1. The van der Waals surface area contributed by atoms with Crippen LogP contribution in [-0.4, -0.2) is 41.4 Å². The van der Waals surface area contributed by atoms with Gasteiger partial charge in [-0.05, 0) is 88.3 Å². The first-order chi connectivity index (χ1) is 19.8. The van der Waals surface area contributed by atoms with E-state index in [0.717, 1.165) is 66.2 Å². The van der Waals surface area contributed by atoms with Gasteiger partial charge in [-0.1, -0.05) is 44.5 Å². The Kier molecular flexibility index (Phi) is 9.61. The molecule has 0 aliphatic carbocycles. The highest BCUT2D eigenvalue weighted by Crippen LogP contribution is 2.45. The van der Waals surface area contributed by atoms with Gasteiger partial charge in [0, 0.05) is 42.0 Å². The van der Waals surface area contributed by atoms with E-state index >= 15 is 0 Å². The molecule has 1 N–H and O–H groups in total. The molecule has 0 bridgehead atoms. The number of hydrogen-bond donors (Lipinski definition) is 1. The first-order valence-corrected chi connectivity index (χ1v) is 14.9. The van der Waals surface area contributed by atoms with Crippen LogP contribution in [-0.2, 0) is 16.0 Å².